The number of anilines is 1. The second-order valence-corrected chi connectivity index (χ2v) is 10.4. The molecule has 202 valence electrons. The van der Waals surface area contributed by atoms with Gasteiger partial charge in [-0.1, -0.05) is 6.42 Å². The van der Waals surface area contributed by atoms with Crippen molar-refractivity contribution in [2.24, 2.45) is 17.6 Å². The van der Waals surface area contributed by atoms with Crippen LogP contribution in [-0.4, -0.2) is 73.9 Å². The number of carbonyl (C=O) groups is 4. The first-order valence-electron chi connectivity index (χ1n) is 12.5. The molecule has 38 heavy (non-hydrogen) atoms. The molecule has 3 aliphatic carbocycles. The van der Waals surface area contributed by atoms with Crippen molar-refractivity contribution in [2.45, 2.75) is 44.1 Å². The standard InChI is InChI=1S/C26H28FN3O8/c27-14-9-15(29-17(32)10-30-4-2-1-3-5-30)21(33)19-13(14)7-11-6-12-8-16(31)20(25(28)37)24(36)26(12,38)23(35)18(11)22(19)34/h9,11-12,31,33,35,38H,1-8,10H2,(H2,28,37)(H,29,32)/t11?,12-,26-/m0/s1. The van der Waals surface area contributed by atoms with Gasteiger partial charge in [-0.25, -0.2) is 4.39 Å². The topological polar surface area (TPSA) is 190 Å². The number of rotatable bonds is 4. The Kier molecular flexibility index (Phi) is 6.27. The molecule has 0 saturated carbocycles. The van der Waals surface area contributed by atoms with Gasteiger partial charge >= 0.3 is 0 Å². The Morgan fingerprint density at radius 1 is 1.13 bits per heavy atom. The molecule has 0 radical (unpaired) electrons. The lowest BCUT2D eigenvalue weighted by atomic mass is 9.60. The highest BCUT2D eigenvalue weighted by atomic mass is 19.1. The molecular formula is C26H28FN3O8. The molecule has 7 N–H and O–H groups in total. The Hall–Kier alpha value is -3.77. The van der Waals surface area contributed by atoms with Gasteiger partial charge in [0.25, 0.3) is 5.91 Å². The quantitative estimate of drug-likeness (QED) is 0.245. The number of aliphatic hydroxyl groups is 3. The van der Waals surface area contributed by atoms with Crippen LogP contribution < -0.4 is 11.1 Å². The number of aliphatic hydroxyl groups excluding tert-OH is 2. The monoisotopic (exact) mass is 529 g/mol. The molecule has 1 aromatic carbocycles. The lowest BCUT2D eigenvalue weighted by Crippen LogP contribution is -2.57. The highest BCUT2D eigenvalue weighted by Crippen LogP contribution is 2.52. The van der Waals surface area contributed by atoms with Crippen molar-refractivity contribution in [1.29, 1.82) is 0 Å². The number of phenols is 1. The summed E-state index contributed by atoms with van der Waals surface area (Å²) in [6.45, 7) is 1.50. The lowest BCUT2D eigenvalue weighted by molar-refractivity contribution is -0.144. The van der Waals surface area contributed by atoms with Gasteiger partial charge in [0.1, 0.15) is 22.9 Å². The predicted molar refractivity (Wildman–Crippen MR) is 130 cm³/mol. The van der Waals surface area contributed by atoms with Gasteiger partial charge in [-0.3, -0.25) is 24.1 Å². The molecule has 12 heteroatoms. The molecular weight excluding hydrogens is 501 g/mol. The normalized spacial score (nSPS) is 27.5. The number of phenolic OH excluding ortho intramolecular Hbond substituents is 1. The third-order valence-corrected chi connectivity index (χ3v) is 8.10. The number of hydrogen-bond acceptors (Lipinski definition) is 9. The Morgan fingerprint density at radius 2 is 1.82 bits per heavy atom. The second-order valence-electron chi connectivity index (χ2n) is 10.4. The van der Waals surface area contributed by atoms with Crippen LogP contribution in [0.25, 0.3) is 0 Å². The Morgan fingerprint density at radius 3 is 2.47 bits per heavy atom. The molecule has 1 heterocycles. The van der Waals surface area contributed by atoms with Gasteiger partial charge in [0, 0.05) is 29.5 Å². The summed E-state index contributed by atoms with van der Waals surface area (Å²) in [5, 5.41) is 45.9. The third kappa shape index (κ3) is 3.86. The van der Waals surface area contributed by atoms with Crippen molar-refractivity contribution in [1.82, 2.24) is 4.90 Å². The summed E-state index contributed by atoms with van der Waals surface area (Å²) < 4.78 is 15.2. The minimum absolute atomic E-state index is 0.0270. The summed E-state index contributed by atoms with van der Waals surface area (Å²) in [7, 11) is 0. The lowest BCUT2D eigenvalue weighted by Gasteiger charge is -2.45. The van der Waals surface area contributed by atoms with E-state index in [1.807, 2.05) is 4.90 Å². The summed E-state index contributed by atoms with van der Waals surface area (Å²) in [5.41, 5.74) is 0.266. The van der Waals surface area contributed by atoms with Crippen molar-refractivity contribution in [3.05, 3.63) is 45.7 Å². The van der Waals surface area contributed by atoms with Crippen LogP contribution >= 0.6 is 0 Å². The molecule has 4 aliphatic rings. The number of carbonyl (C=O) groups excluding carboxylic acids is 4. The number of likely N-dealkylation sites (tertiary alicyclic amines) is 1. The van der Waals surface area contributed by atoms with Crippen LogP contribution in [0.4, 0.5) is 10.1 Å². The van der Waals surface area contributed by atoms with Crippen molar-refractivity contribution in [2.75, 3.05) is 25.0 Å². The van der Waals surface area contributed by atoms with E-state index >= 15 is 4.39 Å². The molecule has 3 atom stereocenters. The minimum Gasteiger partial charge on any atom is -0.511 e. The maximum Gasteiger partial charge on any atom is 0.255 e. The second kappa shape index (κ2) is 9.21. The fraction of sp³-hybridized carbons (Fsp3) is 0.462. The summed E-state index contributed by atoms with van der Waals surface area (Å²) >= 11 is 0. The van der Waals surface area contributed by atoms with Gasteiger partial charge < -0.3 is 31.5 Å². The van der Waals surface area contributed by atoms with Gasteiger partial charge in [-0.05, 0) is 44.7 Å². The van der Waals surface area contributed by atoms with E-state index in [2.05, 4.69) is 5.32 Å². The van der Waals surface area contributed by atoms with Crippen LogP contribution in [0.15, 0.2) is 28.7 Å². The van der Waals surface area contributed by atoms with Crippen molar-refractivity contribution >= 4 is 29.1 Å². The third-order valence-electron chi connectivity index (χ3n) is 8.10. The van der Waals surface area contributed by atoms with Crippen molar-refractivity contribution in [3.63, 3.8) is 0 Å². The number of amides is 2. The minimum atomic E-state index is -2.70. The van der Waals surface area contributed by atoms with Gasteiger partial charge in [-0.2, -0.15) is 0 Å². The fourth-order valence-electron chi connectivity index (χ4n) is 6.25. The van der Waals surface area contributed by atoms with Gasteiger partial charge in [0.2, 0.25) is 11.7 Å². The van der Waals surface area contributed by atoms with Crippen LogP contribution in [0.5, 0.6) is 5.75 Å². The molecule has 11 nitrogen and oxygen atoms in total. The zero-order valence-electron chi connectivity index (χ0n) is 20.4. The first-order valence-corrected chi connectivity index (χ1v) is 12.5. The van der Waals surface area contributed by atoms with Crippen LogP contribution in [0, 0.1) is 17.7 Å². The van der Waals surface area contributed by atoms with E-state index in [-0.39, 0.29) is 37.1 Å². The van der Waals surface area contributed by atoms with E-state index in [4.69, 9.17) is 5.73 Å². The number of nitrogens with one attached hydrogen (secondary N) is 1. The van der Waals surface area contributed by atoms with E-state index in [1.54, 1.807) is 0 Å². The molecule has 1 aliphatic heterocycles. The zero-order chi connectivity index (χ0) is 27.5. The number of Topliss-reactive ketones (excluding diaryl/α,β-unsaturated/α-hetero) is 2. The summed E-state index contributed by atoms with van der Waals surface area (Å²) in [5.74, 6) is -9.31. The molecule has 0 aromatic heterocycles. The summed E-state index contributed by atoms with van der Waals surface area (Å²) in [6.07, 6.45) is 2.35. The zero-order valence-corrected chi connectivity index (χ0v) is 20.4. The number of fused-ring (bicyclic) bond motifs is 3. The average Bonchev–Trinajstić information content (AvgIpc) is 2.85. The number of primary amides is 1. The number of piperidine rings is 1. The molecule has 1 saturated heterocycles. The maximum atomic E-state index is 15.2. The Bertz CT molecular complexity index is 1350. The van der Waals surface area contributed by atoms with E-state index in [0.717, 1.165) is 38.4 Å². The highest BCUT2D eigenvalue weighted by molar-refractivity contribution is 6.24. The van der Waals surface area contributed by atoms with E-state index < -0.39 is 80.6 Å². The number of benzene rings is 1. The molecule has 1 aromatic rings. The largest absolute Gasteiger partial charge is 0.511 e. The van der Waals surface area contributed by atoms with Crippen molar-refractivity contribution in [3.8, 4) is 5.75 Å². The number of aromatic hydroxyl groups is 1. The molecule has 0 bridgehead atoms. The van der Waals surface area contributed by atoms with E-state index in [9.17, 15) is 39.6 Å². The van der Waals surface area contributed by atoms with Crippen LogP contribution in [0.1, 0.15) is 48.0 Å². The van der Waals surface area contributed by atoms with Crippen LogP contribution in [-0.2, 0) is 20.8 Å². The van der Waals surface area contributed by atoms with Crippen LogP contribution in [0.3, 0.4) is 0 Å². The van der Waals surface area contributed by atoms with Gasteiger partial charge in [0.15, 0.2) is 17.1 Å². The van der Waals surface area contributed by atoms with E-state index in [0.29, 0.717) is 0 Å². The Labute approximate surface area is 216 Å². The number of halogens is 1. The van der Waals surface area contributed by atoms with Gasteiger partial charge in [0.05, 0.1) is 17.8 Å². The average molecular weight is 530 g/mol. The van der Waals surface area contributed by atoms with Crippen LogP contribution in [0.2, 0.25) is 0 Å². The van der Waals surface area contributed by atoms with E-state index in [1.165, 1.54) is 0 Å². The fourth-order valence-corrected chi connectivity index (χ4v) is 6.25. The molecule has 2 amide bonds. The van der Waals surface area contributed by atoms with Gasteiger partial charge in [-0.15, -0.1) is 0 Å². The SMILES string of the molecule is NC(=O)C1=C(O)C[C@@H]2CC3Cc4c(F)cc(NC(=O)CN5CCCCC5)c(O)c4C(=O)C3=C(O)[C@]2(O)C1=O. The first kappa shape index (κ1) is 25.9. The Balaban J connectivity index is 1.51. The summed E-state index contributed by atoms with van der Waals surface area (Å²) in [6, 6.07) is 0.932. The number of allylic oxidation sites excluding steroid dienone is 2. The molecule has 1 unspecified atom stereocenters. The molecule has 0 spiro atoms. The highest BCUT2D eigenvalue weighted by Gasteiger charge is 2.59. The number of hydrogen-bond donors (Lipinski definition) is 6. The predicted octanol–water partition coefficient (Wildman–Crippen LogP) is 1.14. The van der Waals surface area contributed by atoms with Crippen molar-refractivity contribution < 1.29 is 44.0 Å². The summed E-state index contributed by atoms with van der Waals surface area (Å²) in [4.78, 5) is 52.8. The maximum absolute atomic E-state index is 15.2. The number of nitrogens with zero attached hydrogens (tertiary/aromatic N) is 1. The smallest absolute Gasteiger partial charge is 0.255 e. The molecule has 5 rings (SSSR count). The number of ketones is 2. The first-order chi connectivity index (χ1) is 17.9. The molecule has 1 fully saturated rings. The number of nitrogens with two attached hydrogens (primary N) is 1.